The number of rotatable bonds is 4. The van der Waals surface area contributed by atoms with Crippen LogP contribution in [0.25, 0.3) is 0 Å². The molecule has 1 amide bonds. The molecule has 0 bridgehead atoms. The van der Waals surface area contributed by atoms with E-state index in [2.05, 4.69) is 13.8 Å². The third kappa shape index (κ3) is 3.48. The quantitative estimate of drug-likeness (QED) is 0.797. The van der Waals surface area contributed by atoms with Crippen LogP contribution in [0.1, 0.15) is 46.0 Å². The number of nitrogens with two attached hydrogens (primary N) is 1. The summed E-state index contributed by atoms with van der Waals surface area (Å²) in [4.78, 5) is 14.1. The van der Waals surface area contributed by atoms with Gasteiger partial charge in [0.1, 0.15) is 0 Å². The summed E-state index contributed by atoms with van der Waals surface area (Å²) in [6, 6.07) is 0.0766. The van der Waals surface area contributed by atoms with Crippen LogP contribution < -0.4 is 5.73 Å². The van der Waals surface area contributed by atoms with Gasteiger partial charge in [-0.15, -0.1) is 0 Å². The second kappa shape index (κ2) is 6.24. The van der Waals surface area contributed by atoms with Gasteiger partial charge in [-0.25, -0.2) is 0 Å². The van der Waals surface area contributed by atoms with Crippen LogP contribution in [0.5, 0.6) is 0 Å². The van der Waals surface area contributed by atoms with Gasteiger partial charge in [0, 0.05) is 19.6 Å². The molecule has 3 heteroatoms. The van der Waals surface area contributed by atoms with Crippen LogP contribution in [0.2, 0.25) is 0 Å². The Hall–Kier alpha value is -0.570. The number of unbranched alkanes of at least 4 members (excludes halogenated alkanes) is 1. The topological polar surface area (TPSA) is 46.3 Å². The van der Waals surface area contributed by atoms with E-state index in [9.17, 15) is 4.79 Å². The third-order valence-corrected chi connectivity index (χ3v) is 3.71. The minimum atomic E-state index is 0.0607. The molecule has 1 aliphatic carbocycles. The highest BCUT2D eigenvalue weighted by molar-refractivity contribution is 5.79. The predicted octanol–water partition coefficient (Wildman–Crippen LogP) is 2.01. The van der Waals surface area contributed by atoms with Crippen molar-refractivity contribution < 1.29 is 4.79 Å². The molecule has 3 unspecified atom stereocenters. The summed E-state index contributed by atoms with van der Waals surface area (Å²) in [6.07, 6.45) is 5.35. The van der Waals surface area contributed by atoms with Gasteiger partial charge < -0.3 is 10.6 Å². The summed E-state index contributed by atoms with van der Waals surface area (Å²) < 4.78 is 0. The molecule has 1 rings (SSSR count). The molecule has 0 heterocycles. The van der Waals surface area contributed by atoms with E-state index in [-0.39, 0.29) is 17.9 Å². The van der Waals surface area contributed by atoms with E-state index in [4.69, 9.17) is 5.73 Å². The molecule has 0 aliphatic heterocycles. The molecule has 1 saturated carbocycles. The third-order valence-electron chi connectivity index (χ3n) is 3.71. The van der Waals surface area contributed by atoms with Crippen LogP contribution in [-0.4, -0.2) is 30.4 Å². The Balaban J connectivity index is 2.50. The summed E-state index contributed by atoms with van der Waals surface area (Å²) in [6.45, 7) is 5.23. The zero-order valence-electron chi connectivity index (χ0n) is 10.9. The monoisotopic (exact) mass is 226 g/mol. The van der Waals surface area contributed by atoms with E-state index in [1.165, 1.54) is 6.42 Å². The van der Waals surface area contributed by atoms with Crippen LogP contribution in [-0.2, 0) is 4.79 Å². The highest BCUT2D eigenvalue weighted by Gasteiger charge is 2.32. The first-order valence-electron chi connectivity index (χ1n) is 6.56. The fraction of sp³-hybridized carbons (Fsp3) is 0.923. The van der Waals surface area contributed by atoms with Gasteiger partial charge in [0.15, 0.2) is 0 Å². The summed E-state index contributed by atoms with van der Waals surface area (Å²) in [5.41, 5.74) is 6.06. The van der Waals surface area contributed by atoms with E-state index in [0.717, 1.165) is 32.2 Å². The number of amides is 1. The van der Waals surface area contributed by atoms with Gasteiger partial charge in [-0.3, -0.25) is 4.79 Å². The molecule has 2 N–H and O–H groups in total. The lowest BCUT2D eigenvalue weighted by atomic mass is 9.78. The number of carbonyl (C=O) groups excluding carboxylic acids is 1. The van der Waals surface area contributed by atoms with Crippen LogP contribution in [0, 0.1) is 11.8 Å². The molecule has 16 heavy (non-hydrogen) atoms. The Morgan fingerprint density at radius 1 is 1.44 bits per heavy atom. The molecule has 0 spiro atoms. The second-order valence-electron chi connectivity index (χ2n) is 5.30. The van der Waals surface area contributed by atoms with E-state index in [1.807, 2.05) is 11.9 Å². The molecule has 0 aromatic carbocycles. The molecular weight excluding hydrogens is 200 g/mol. The Labute approximate surface area is 99.4 Å². The fourth-order valence-electron chi connectivity index (χ4n) is 2.48. The fourth-order valence-corrected chi connectivity index (χ4v) is 2.48. The summed E-state index contributed by atoms with van der Waals surface area (Å²) in [7, 11) is 1.91. The summed E-state index contributed by atoms with van der Waals surface area (Å²) in [5, 5.41) is 0. The lowest BCUT2D eigenvalue weighted by molar-refractivity contribution is -0.136. The second-order valence-corrected chi connectivity index (χ2v) is 5.30. The van der Waals surface area contributed by atoms with Gasteiger partial charge >= 0.3 is 0 Å². The Morgan fingerprint density at radius 2 is 2.12 bits per heavy atom. The van der Waals surface area contributed by atoms with Crippen molar-refractivity contribution in [3.8, 4) is 0 Å². The van der Waals surface area contributed by atoms with Crippen LogP contribution in [0.3, 0.4) is 0 Å². The maximum absolute atomic E-state index is 12.2. The average Bonchev–Trinajstić information content (AvgIpc) is 2.28. The predicted molar refractivity (Wildman–Crippen MR) is 67.0 cm³/mol. The molecule has 94 valence electrons. The highest BCUT2D eigenvalue weighted by atomic mass is 16.2. The van der Waals surface area contributed by atoms with E-state index >= 15 is 0 Å². The van der Waals surface area contributed by atoms with E-state index in [0.29, 0.717) is 5.92 Å². The van der Waals surface area contributed by atoms with Crippen molar-refractivity contribution in [2.75, 3.05) is 13.6 Å². The van der Waals surface area contributed by atoms with Crippen molar-refractivity contribution in [2.24, 2.45) is 17.6 Å². The number of nitrogens with zero attached hydrogens (tertiary/aromatic N) is 1. The molecule has 0 saturated heterocycles. The van der Waals surface area contributed by atoms with Gasteiger partial charge in [0.05, 0.1) is 5.92 Å². The normalized spacial score (nSPS) is 30.1. The molecule has 1 aliphatic rings. The first kappa shape index (κ1) is 13.5. The Morgan fingerprint density at radius 3 is 2.75 bits per heavy atom. The van der Waals surface area contributed by atoms with Crippen molar-refractivity contribution >= 4 is 5.91 Å². The standard InChI is InChI=1S/C13H26N2O/c1-4-5-8-15(3)13(16)11-9-10(2)6-7-12(11)14/h10-12H,4-9,14H2,1-3H3. The van der Waals surface area contributed by atoms with Crippen LogP contribution in [0.15, 0.2) is 0 Å². The minimum Gasteiger partial charge on any atom is -0.345 e. The average molecular weight is 226 g/mol. The number of hydrogen-bond donors (Lipinski definition) is 1. The van der Waals surface area contributed by atoms with Crippen LogP contribution >= 0.6 is 0 Å². The first-order valence-corrected chi connectivity index (χ1v) is 6.56. The molecule has 0 radical (unpaired) electrons. The Bertz CT molecular complexity index is 230. The van der Waals surface area contributed by atoms with E-state index < -0.39 is 0 Å². The molecule has 3 atom stereocenters. The van der Waals surface area contributed by atoms with Crippen LogP contribution in [0.4, 0.5) is 0 Å². The van der Waals surface area contributed by atoms with E-state index in [1.54, 1.807) is 0 Å². The number of hydrogen-bond acceptors (Lipinski definition) is 2. The highest BCUT2D eigenvalue weighted by Crippen LogP contribution is 2.29. The molecule has 0 aromatic rings. The molecular formula is C13H26N2O. The van der Waals surface area contributed by atoms with Gasteiger partial charge in [-0.1, -0.05) is 20.3 Å². The lowest BCUT2D eigenvalue weighted by Gasteiger charge is -2.34. The minimum absolute atomic E-state index is 0.0607. The number of carbonyl (C=O) groups is 1. The van der Waals surface area contributed by atoms with Crippen molar-refractivity contribution in [2.45, 2.75) is 52.0 Å². The van der Waals surface area contributed by atoms with Gasteiger partial charge in [-0.2, -0.15) is 0 Å². The Kier molecular flexibility index (Phi) is 5.26. The summed E-state index contributed by atoms with van der Waals surface area (Å²) in [5.74, 6) is 0.964. The van der Waals surface area contributed by atoms with Crippen molar-refractivity contribution in [3.05, 3.63) is 0 Å². The summed E-state index contributed by atoms with van der Waals surface area (Å²) >= 11 is 0. The lowest BCUT2D eigenvalue weighted by Crippen LogP contribution is -2.46. The molecule has 1 fully saturated rings. The maximum Gasteiger partial charge on any atom is 0.226 e. The van der Waals surface area contributed by atoms with Gasteiger partial charge in [0.2, 0.25) is 5.91 Å². The zero-order valence-corrected chi connectivity index (χ0v) is 10.9. The van der Waals surface area contributed by atoms with Crippen molar-refractivity contribution in [1.29, 1.82) is 0 Å². The first-order chi connectivity index (χ1) is 7.56. The SMILES string of the molecule is CCCCN(C)C(=O)C1CC(C)CCC1N. The smallest absolute Gasteiger partial charge is 0.226 e. The zero-order chi connectivity index (χ0) is 12.1. The van der Waals surface area contributed by atoms with Gasteiger partial charge in [0.25, 0.3) is 0 Å². The van der Waals surface area contributed by atoms with Crippen molar-refractivity contribution in [1.82, 2.24) is 4.90 Å². The van der Waals surface area contributed by atoms with Crippen molar-refractivity contribution in [3.63, 3.8) is 0 Å². The molecule has 3 nitrogen and oxygen atoms in total. The largest absolute Gasteiger partial charge is 0.345 e. The van der Waals surface area contributed by atoms with Gasteiger partial charge in [-0.05, 0) is 31.6 Å². The molecule has 0 aromatic heterocycles. The maximum atomic E-state index is 12.2.